The number of hydrogen-bond acceptors (Lipinski definition) is 1. The van der Waals surface area contributed by atoms with Gasteiger partial charge >= 0.3 is 0 Å². The highest BCUT2D eigenvalue weighted by molar-refractivity contribution is 5.34. The highest BCUT2D eigenvalue weighted by Crippen LogP contribution is 2.18. The number of nitrogens with zero attached hydrogens (tertiary/aromatic N) is 1. The minimum Gasteiger partial charge on any atom is -0.268 e. The summed E-state index contributed by atoms with van der Waals surface area (Å²) in [5.41, 5.74) is 0.926. The summed E-state index contributed by atoms with van der Waals surface area (Å²) in [6.45, 7) is 3.92. The van der Waals surface area contributed by atoms with E-state index < -0.39 is 0 Å². The molecule has 0 bridgehead atoms. The minimum atomic E-state index is -0.351. The summed E-state index contributed by atoms with van der Waals surface area (Å²) < 4.78 is 15.1. The molecule has 1 aromatic heterocycles. The highest BCUT2D eigenvalue weighted by Gasteiger charge is 2.12. The Labute approximate surface area is 92.5 Å². The molecule has 0 amide bonds. The molecule has 0 aliphatic carbocycles. The van der Waals surface area contributed by atoms with Crippen molar-refractivity contribution in [2.45, 2.75) is 19.8 Å². The van der Waals surface area contributed by atoms with E-state index in [0.29, 0.717) is 5.69 Å². The molecule has 84 valence electrons. The Kier molecular flexibility index (Phi) is 2.64. The average molecular weight is 220 g/mol. The van der Waals surface area contributed by atoms with Crippen LogP contribution in [0, 0.1) is 5.82 Å². The van der Waals surface area contributed by atoms with Crippen LogP contribution in [-0.2, 0) is 0 Å². The lowest BCUT2D eigenvalue weighted by Gasteiger charge is -2.11. The fraction of sp³-hybridized carbons (Fsp3) is 0.250. The van der Waals surface area contributed by atoms with Gasteiger partial charge in [0, 0.05) is 11.8 Å². The van der Waals surface area contributed by atoms with E-state index in [1.54, 1.807) is 18.2 Å². The van der Waals surface area contributed by atoms with E-state index in [-0.39, 0.29) is 17.3 Å². The first kappa shape index (κ1) is 10.7. The Balaban J connectivity index is 2.64. The van der Waals surface area contributed by atoms with E-state index in [1.165, 1.54) is 16.8 Å². The molecule has 4 heteroatoms. The number of nitrogens with one attached hydrogen (secondary N) is 1. The van der Waals surface area contributed by atoms with Crippen molar-refractivity contribution in [3.05, 3.63) is 52.2 Å². The van der Waals surface area contributed by atoms with Gasteiger partial charge in [0.25, 0.3) is 5.56 Å². The highest BCUT2D eigenvalue weighted by atomic mass is 19.1. The SMILES string of the molecule is CC(C)c1cc(=O)[nH]n1-c1ccccc1F. The van der Waals surface area contributed by atoms with Gasteiger partial charge in [-0.15, -0.1) is 0 Å². The van der Waals surface area contributed by atoms with E-state index in [0.717, 1.165) is 5.69 Å². The first-order chi connectivity index (χ1) is 7.59. The number of aromatic nitrogens is 2. The molecule has 16 heavy (non-hydrogen) atoms. The van der Waals surface area contributed by atoms with Crippen molar-refractivity contribution < 1.29 is 4.39 Å². The van der Waals surface area contributed by atoms with Gasteiger partial charge in [-0.1, -0.05) is 26.0 Å². The van der Waals surface area contributed by atoms with Crippen molar-refractivity contribution in [3.63, 3.8) is 0 Å². The molecule has 1 heterocycles. The van der Waals surface area contributed by atoms with E-state index in [4.69, 9.17) is 0 Å². The van der Waals surface area contributed by atoms with Crippen LogP contribution >= 0.6 is 0 Å². The fourth-order valence-electron chi connectivity index (χ4n) is 1.66. The van der Waals surface area contributed by atoms with Crippen molar-refractivity contribution in [2.24, 2.45) is 0 Å². The molecule has 1 N–H and O–H groups in total. The second-order valence-corrected chi connectivity index (χ2v) is 3.99. The molecule has 0 aliphatic heterocycles. The van der Waals surface area contributed by atoms with Crippen LogP contribution < -0.4 is 5.56 Å². The number of halogens is 1. The molecule has 0 unspecified atom stereocenters. The first-order valence-electron chi connectivity index (χ1n) is 5.16. The van der Waals surface area contributed by atoms with Gasteiger partial charge < -0.3 is 0 Å². The topological polar surface area (TPSA) is 37.8 Å². The molecule has 3 nitrogen and oxygen atoms in total. The molecule has 0 aliphatic rings. The summed E-state index contributed by atoms with van der Waals surface area (Å²) in [5.74, 6) is -0.199. The van der Waals surface area contributed by atoms with Crippen molar-refractivity contribution in [3.8, 4) is 5.69 Å². The monoisotopic (exact) mass is 220 g/mol. The van der Waals surface area contributed by atoms with Crippen molar-refractivity contribution >= 4 is 0 Å². The van der Waals surface area contributed by atoms with Crippen LogP contribution in [0.15, 0.2) is 35.1 Å². The number of hydrogen-bond donors (Lipinski definition) is 1. The molecule has 2 aromatic rings. The zero-order chi connectivity index (χ0) is 11.7. The van der Waals surface area contributed by atoms with Crippen LogP contribution in [0.4, 0.5) is 4.39 Å². The smallest absolute Gasteiger partial charge is 0.264 e. The van der Waals surface area contributed by atoms with Crippen LogP contribution in [0.25, 0.3) is 5.69 Å². The van der Waals surface area contributed by atoms with Gasteiger partial charge in [0.1, 0.15) is 5.82 Å². The van der Waals surface area contributed by atoms with Crippen LogP contribution in [0.2, 0.25) is 0 Å². The Morgan fingerprint density at radius 1 is 1.31 bits per heavy atom. The maximum atomic E-state index is 13.6. The summed E-state index contributed by atoms with van der Waals surface area (Å²) in [6, 6.07) is 7.86. The Hall–Kier alpha value is -1.84. The van der Waals surface area contributed by atoms with Crippen LogP contribution in [0.3, 0.4) is 0 Å². The number of H-pyrrole nitrogens is 1. The Morgan fingerprint density at radius 3 is 2.62 bits per heavy atom. The molecule has 0 atom stereocenters. The number of rotatable bonds is 2. The van der Waals surface area contributed by atoms with Gasteiger partial charge in [-0.05, 0) is 18.1 Å². The largest absolute Gasteiger partial charge is 0.268 e. The lowest BCUT2D eigenvalue weighted by atomic mass is 10.1. The van der Waals surface area contributed by atoms with Crippen LogP contribution in [0.5, 0.6) is 0 Å². The second kappa shape index (κ2) is 3.96. The predicted octanol–water partition coefficient (Wildman–Crippen LogP) is 2.43. The van der Waals surface area contributed by atoms with E-state index in [2.05, 4.69) is 5.10 Å². The summed E-state index contributed by atoms with van der Waals surface area (Å²) in [5, 5.41) is 2.60. The van der Waals surface area contributed by atoms with E-state index in [9.17, 15) is 9.18 Å². The third-order valence-electron chi connectivity index (χ3n) is 2.44. The summed E-state index contributed by atoms with van der Waals surface area (Å²) in [4.78, 5) is 11.3. The molecule has 1 aromatic carbocycles. The third-order valence-corrected chi connectivity index (χ3v) is 2.44. The van der Waals surface area contributed by atoms with Gasteiger partial charge in [0.05, 0.1) is 5.69 Å². The zero-order valence-corrected chi connectivity index (χ0v) is 9.20. The molecule has 2 rings (SSSR count). The maximum Gasteiger partial charge on any atom is 0.264 e. The van der Waals surface area contributed by atoms with Crippen LogP contribution in [0.1, 0.15) is 25.5 Å². The molecular formula is C12H13FN2O. The summed E-state index contributed by atoms with van der Waals surface area (Å²) in [7, 11) is 0. The Bertz CT molecular complexity index is 554. The van der Waals surface area contributed by atoms with Crippen LogP contribution in [-0.4, -0.2) is 9.78 Å². The predicted molar refractivity (Wildman–Crippen MR) is 60.4 cm³/mol. The lowest BCUT2D eigenvalue weighted by molar-refractivity contribution is 0.601. The molecule has 0 fully saturated rings. The van der Waals surface area contributed by atoms with Gasteiger partial charge in [-0.2, -0.15) is 0 Å². The van der Waals surface area contributed by atoms with E-state index >= 15 is 0 Å². The molecule has 0 saturated heterocycles. The lowest BCUT2D eigenvalue weighted by Crippen LogP contribution is -2.07. The minimum absolute atomic E-state index is 0.151. The van der Waals surface area contributed by atoms with Crippen molar-refractivity contribution in [1.82, 2.24) is 9.78 Å². The summed E-state index contributed by atoms with van der Waals surface area (Å²) in [6.07, 6.45) is 0. The molecule has 0 saturated carbocycles. The molecular weight excluding hydrogens is 207 g/mol. The zero-order valence-electron chi connectivity index (χ0n) is 9.20. The van der Waals surface area contributed by atoms with Gasteiger partial charge in [-0.25, -0.2) is 4.39 Å². The van der Waals surface area contributed by atoms with E-state index in [1.807, 2.05) is 13.8 Å². The number of benzene rings is 1. The second-order valence-electron chi connectivity index (χ2n) is 3.99. The van der Waals surface area contributed by atoms with Gasteiger partial charge in [-0.3, -0.25) is 14.6 Å². The first-order valence-corrected chi connectivity index (χ1v) is 5.16. The average Bonchev–Trinajstić information content (AvgIpc) is 2.61. The quantitative estimate of drug-likeness (QED) is 0.829. The number of para-hydroxylation sites is 1. The molecule has 0 radical (unpaired) electrons. The standard InChI is InChI=1S/C12H13FN2O/c1-8(2)11-7-12(16)14-15(11)10-6-4-3-5-9(10)13/h3-8H,1-2H3,(H,14,16). The third kappa shape index (κ3) is 1.78. The number of aromatic amines is 1. The van der Waals surface area contributed by atoms with Gasteiger partial charge in [0.15, 0.2) is 0 Å². The van der Waals surface area contributed by atoms with Crippen molar-refractivity contribution in [1.29, 1.82) is 0 Å². The Morgan fingerprint density at radius 2 is 2.00 bits per heavy atom. The van der Waals surface area contributed by atoms with Gasteiger partial charge in [0.2, 0.25) is 0 Å². The molecule has 0 spiro atoms. The maximum absolute atomic E-state index is 13.6. The summed E-state index contributed by atoms with van der Waals surface area (Å²) >= 11 is 0. The fourth-order valence-corrected chi connectivity index (χ4v) is 1.66. The van der Waals surface area contributed by atoms with Crippen molar-refractivity contribution in [2.75, 3.05) is 0 Å². The normalized spacial score (nSPS) is 11.0.